The summed E-state index contributed by atoms with van der Waals surface area (Å²) in [5.74, 6) is 0. The number of nitrogens with two attached hydrogens (primary N) is 1. The lowest BCUT2D eigenvalue weighted by Gasteiger charge is -2.10. The van der Waals surface area contributed by atoms with Crippen LogP contribution in [0.3, 0.4) is 0 Å². The topological polar surface area (TPSA) is 84.2 Å². The van der Waals surface area contributed by atoms with Crippen molar-refractivity contribution >= 4 is 11.8 Å². The molecule has 2 rings (SSSR count). The van der Waals surface area contributed by atoms with Crippen LogP contribution >= 0.6 is 0 Å². The Labute approximate surface area is 81.0 Å². The van der Waals surface area contributed by atoms with Gasteiger partial charge in [0.2, 0.25) is 0 Å². The molecule has 1 aromatic heterocycles. The third-order valence-electron chi connectivity index (χ3n) is 2.23. The normalized spacial score (nSPS) is 21.4. The van der Waals surface area contributed by atoms with Crippen LogP contribution in [0, 0.1) is 6.92 Å². The Bertz CT molecular complexity index is 349. The summed E-state index contributed by atoms with van der Waals surface area (Å²) < 4.78 is 5.02. The molecule has 2 heterocycles. The lowest BCUT2D eigenvalue weighted by Crippen LogP contribution is -2.27. The van der Waals surface area contributed by atoms with E-state index in [1.807, 2.05) is 6.92 Å². The van der Waals surface area contributed by atoms with Crippen molar-refractivity contribution in [3.63, 3.8) is 0 Å². The molecule has 1 atom stereocenters. The number of aryl methyl sites for hydroxylation is 1. The van der Waals surface area contributed by atoms with Crippen LogP contribution in [0.1, 0.15) is 5.69 Å². The number of ether oxygens (including phenoxy) is 1. The zero-order valence-corrected chi connectivity index (χ0v) is 7.86. The molecule has 0 aromatic carbocycles. The van der Waals surface area contributed by atoms with Gasteiger partial charge in [-0.1, -0.05) is 0 Å². The molecule has 1 aliphatic rings. The molecule has 0 bridgehead atoms. The summed E-state index contributed by atoms with van der Waals surface area (Å²) in [6, 6.07) is 0. The molecule has 0 spiro atoms. The fourth-order valence-corrected chi connectivity index (χ4v) is 1.46. The van der Waals surface area contributed by atoms with Gasteiger partial charge in [-0.2, -0.15) is 5.10 Å². The van der Waals surface area contributed by atoms with E-state index in [0.29, 0.717) is 13.1 Å². The maximum atomic E-state index is 11.4. The fourth-order valence-electron chi connectivity index (χ4n) is 1.46. The number of hydrogen-bond acceptors (Lipinski definition) is 4. The van der Waals surface area contributed by atoms with Crippen LogP contribution in [0.25, 0.3) is 0 Å². The van der Waals surface area contributed by atoms with Gasteiger partial charge >= 0.3 is 6.09 Å². The van der Waals surface area contributed by atoms with Gasteiger partial charge in [0.15, 0.2) is 0 Å². The summed E-state index contributed by atoms with van der Waals surface area (Å²) in [4.78, 5) is 12.9. The largest absolute Gasteiger partial charge is 0.443 e. The quantitative estimate of drug-likeness (QED) is 0.697. The molecule has 6 nitrogen and oxygen atoms in total. The zero-order valence-electron chi connectivity index (χ0n) is 7.86. The lowest BCUT2D eigenvalue weighted by atomic mass is 10.3. The highest BCUT2D eigenvalue weighted by molar-refractivity contribution is 5.90. The number of nitrogens with one attached hydrogen (secondary N) is 1. The van der Waals surface area contributed by atoms with Gasteiger partial charge in [-0.15, -0.1) is 0 Å². The van der Waals surface area contributed by atoms with Crippen LogP contribution in [-0.2, 0) is 4.74 Å². The summed E-state index contributed by atoms with van der Waals surface area (Å²) in [7, 11) is 0. The number of carbonyl (C=O) groups excluding carboxylic acids is 1. The second-order valence-corrected chi connectivity index (χ2v) is 3.23. The van der Waals surface area contributed by atoms with Crippen LogP contribution in [-0.4, -0.2) is 35.5 Å². The van der Waals surface area contributed by atoms with Gasteiger partial charge in [-0.3, -0.25) is 10.00 Å². The number of carbonyl (C=O) groups is 1. The molecule has 1 fully saturated rings. The van der Waals surface area contributed by atoms with E-state index in [4.69, 9.17) is 10.5 Å². The maximum Gasteiger partial charge on any atom is 0.414 e. The first kappa shape index (κ1) is 9.01. The van der Waals surface area contributed by atoms with Crippen molar-refractivity contribution in [2.75, 3.05) is 18.0 Å². The molecular weight excluding hydrogens is 184 g/mol. The standard InChI is InChI=1S/C8H12N4O2/c1-5-7(3-10-11-5)12-4-6(2-9)14-8(12)13/h3,6H,2,4,9H2,1H3,(H,10,11). The summed E-state index contributed by atoms with van der Waals surface area (Å²) in [5, 5.41) is 6.61. The SMILES string of the molecule is Cc1[nH]ncc1N1CC(CN)OC1=O. The molecule has 0 saturated carbocycles. The van der Waals surface area contributed by atoms with E-state index >= 15 is 0 Å². The molecule has 0 radical (unpaired) electrons. The molecule has 1 amide bonds. The van der Waals surface area contributed by atoms with Crippen molar-refractivity contribution in [2.45, 2.75) is 13.0 Å². The van der Waals surface area contributed by atoms with E-state index in [1.165, 1.54) is 4.90 Å². The van der Waals surface area contributed by atoms with Crippen LogP contribution in [0.2, 0.25) is 0 Å². The van der Waals surface area contributed by atoms with Crippen molar-refractivity contribution < 1.29 is 9.53 Å². The summed E-state index contributed by atoms with van der Waals surface area (Å²) in [5.41, 5.74) is 7.02. The van der Waals surface area contributed by atoms with E-state index in [2.05, 4.69) is 10.2 Å². The maximum absolute atomic E-state index is 11.4. The predicted octanol–water partition coefficient (Wildman–Crippen LogP) is 0.00202. The average Bonchev–Trinajstić information content (AvgIpc) is 2.72. The first-order valence-electron chi connectivity index (χ1n) is 4.40. The van der Waals surface area contributed by atoms with E-state index in [0.717, 1.165) is 11.4 Å². The number of nitrogens with zero attached hydrogens (tertiary/aromatic N) is 2. The Kier molecular flexibility index (Phi) is 2.12. The number of cyclic esters (lactones) is 1. The molecule has 14 heavy (non-hydrogen) atoms. The number of aromatic nitrogens is 2. The van der Waals surface area contributed by atoms with Crippen LogP contribution in [0.15, 0.2) is 6.20 Å². The van der Waals surface area contributed by atoms with Gasteiger partial charge in [0.05, 0.1) is 24.1 Å². The van der Waals surface area contributed by atoms with Crippen molar-refractivity contribution in [1.29, 1.82) is 0 Å². The Hall–Kier alpha value is -1.56. The highest BCUT2D eigenvalue weighted by Gasteiger charge is 2.32. The molecule has 0 aliphatic carbocycles. The predicted molar refractivity (Wildman–Crippen MR) is 50.0 cm³/mol. The molecule has 1 aromatic rings. The first-order valence-corrected chi connectivity index (χ1v) is 4.40. The summed E-state index contributed by atoms with van der Waals surface area (Å²) in [6.07, 6.45) is 1.04. The minimum atomic E-state index is -0.357. The van der Waals surface area contributed by atoms with Crippen molar-refractivity contribution in [1.82, 2.24) is 10.2 Å². The average molecular weight is 196 g/mol. The number of hydrogen-bond donors (Lipinski definition) is 2. The van der Waals surface area contributed by atoms with Gasteiger partial charge in [-0.25, -0.2) is 4.79 Å². The smallest absolute Gasteiger partial charge is 0.414 e. The second kappa shape index (κ2) is 3.30. The van der Waals surface area contributed by atoms with Gasteiger partial charge in [-0.05, 0) is 6.92 Å². The highest BCUT2D eigenvalue weighted by atomic mass is 16.6. The third-order valence-corrected chi connectivity index (χ3v) is 2.23. The highest BCUT2D eigenvalue weighted by Crippen LogP contribution is 2.22. The van der Waals surface area contributed by atoms with Crippen molar-refractivity contribution in [3.8, 4) is 0 Å². The Balaban J connectivity index is 2.20. The van der Waals surface area contributed by atoms with Crippen molar-refractivity contribution in [2.24, 2.45) is 5.73 Å². The molecule has 76 valence electrons. The molecule has 6 heteroatoms. The number of rotatable bonds is 2. The monoisotopic (exact) mass is 196 g/mol. The number of anilines is 1. The van der Waals surface area contributed by atoms with Crippen LogP contribution < -0.4 is 10.6 Å². The van der Waals surface area contributed by atoms with E-state index in [9.17, 15) is 4.79 Å². The minimum absolute atomic E-state index is 0.211. The Morgan fingerprint density at radius 1 is 1.86 bits per heavy atom. The van der Waals surface area contributed by atoms with E-state index < -0.39 is 0 Å². The van der Waals surface area contributed by atoms with Gasteiger partial charge in [0.1, 0.15) is 6.10 Å². The summed E-state index contributed by atoms with van der Waals surface area (Å²) in [6.45, 7) is 2.69. The van der Waals surface area contributed by atoms with E-state index in [-0.39, 0.29) is 12.2 Å². The molecule has 3 N–H and O–H groups in total. The molecule has 1 aliphatic heterocycles. The zero-order chi connectivity index (χ0) is 10.1. The Morgan fingerprint density at radius 3 is 3.14 bits per heavy atom. The van der Waals surface area contributed by atoms with Crippen LogP contribution in [0.4, 0.5) is 10.5 Å². The first-order chi connectivity index (χ1) is 6.72. The Morgan fingerprint density at radius 2 is 2.64 bits per heavy atom. The minimum Gasteiger partial charge on any atom is -0.443 e. The molecule has 1 unspecified atom stereocenters. The van der Waals surface area contributed by atoms with Crippen molar-refractivity contribution in [3.05, 3.63) is 11.9 Å². The van der Waals surface area contributed by atoms with Gasteiger partial charge in [0, 0.05) is 6.54 Å². The lowest BCUT2D eigenvalue weighted by molar-refractivity contribution is 0.145. The van der Waals surface area contributed by atoms with Gasteiger partial charge in [0.25, 0.3) is 0 Å². The fraction of sp³-hybridized carbons (Fsp3) is 0.500. The molecular formula is C8H12N4O2. The van der Waals surface area contributed by atoms with Crippen LogP contribution in [0.5, 0.6) is 0 Å². The van der Waals surface area contributed by atoms with E-state index in [1.54, 1.807) is 6.20 Å². The number of H-pyrrole nitrogens is 1. The second-order valence-electron chi connectivity index (χ2n) is 3.23. The number of amides is 1. The summed E-state index contributed by atoms with van der Waals surface area (Å²) >= 11 is 0. The van der Waals surface area contributed by atoms with Gasteiger partial charge < -0.3 is 10.5 Å². The molecule has 1 saturated heterocycles. The number of aromatic amines is 1. The third kappa shape index (κ3) is 1.33.